The fraction of sp³-hybridized carbons (Fsp3) is 0.286. The van der Waals surface area contributed by atoms with E-state index in [1.807, 2.05) is 54.6 Å². The second kappa shape index (κ2) is 11.9. The number of imidazole rings is 1. The van der Waals surface area contributed by atoms with Crippen LogP contribution in [-0.4, -0.2) is 42.8 Å². The number of aromatic nitrogens is 2. The van der Waals surface area contributed by atoms with Crippen LogP contribution in [0.4, 0.5) is 0 Å². The van der Waals surface area contributed by atoms with Gasteiger partial charge in [-0.3, -0.25) is 4.79 Å². The van der Waals surface area contributed by atoms with Gasteiger partial charge in [-0.05, 0) is 55.3 Å². The van der Waals surface area contributed by atoms with Gasteiger partial charge in [0.25, 0.3) is 5.91 Å². The molecule has 0 bridgehead atoms. The highest BCUT2D eigenvalue weighted by Gasteiger charge is 2.12. The van der Waals surface area contributed by atoms with E-state index < -0.39 is 0 Å². The Hall–Kier alpha value is -4.00. The van der Waals surface area contributed by atoms with Crippen molar-refractivity contribution < 1.29 is 19.0 Å². The van der Waals surface area contributed by atoms with E-state index in [9.17, 15) is 4.79 Å². The van der Waals surface area contributed by atoms with E-state index in [0.29, 0.717) is 30.9 Å². The Labute approximate surface area is 205 Å². The molecule has 35 heavy (non-hydrogen) atoms. The molecule has 1 N–H and O–H groups in total. The number of hydrogen-bond donors (Lipinski definition) is 1. The van der Waals surface area contributed by atoms with E-state index in [1.165, 1.54) is 0 Å². The van der Waals surface area contributed by atoms with Crippen LogP contribution in [0.1, 0.15) is 29.0 Å². The van der Waals surface area contributed by atoms with Gasteiger partial charge >= 0.3 is 0 Å². The maximum atomic E-state index is 12.6. The maximum Gasteiger partial charge on any atom is 0.251 e. The number of carbonyl (C=O) groups excluding carboxylic acids is 1. The molecule has 1 amide bonds. The lowest BCUT2D eigenvalue weighted by Gasteiger charge is -2.12. The topological polar surface area (TPSA) is 74.6 Å². The van der Waals surface area contributed by atoms with Gasteiger partial charge in [0.15, 0.2) is 11.5 Å². The normalized spacial score (nSPS) is 10.8. The lowest BCUT2D eigenvalue weighted by Crippen LogP contribution is -2.26. The van der Waals surface area contributed by atoms with Crippen molar-refractivity contribution in [2.75, 3.05) is 27.4 Å². The third-order valence-electron chi connectivity index (χ3n) is 5.80. The predicted octanol–water partition coefficient (Wildman–Crippen LogP) is 4.89. The second-order valence-electron chi connectivity index (χ2n) is 8.11. The monoisotopic (exact) mass is 473 g/mol. The van der Waals surface area contributed by atoms with Crippen LogP contribution < -0.4 is 19.5 Å². The number of fused-ring (bicyclic) bond motifs is 1. The van der Waals surface area contributed by atoms with Crippen molar-refractivity contribution in [1.29, 1.82) is 0 Å². The summed E-state index contributed by atoms with van der Waals surface area (Å²) in [5.41, 5.74) is 2.65. The van der Waals surface area contributed by atoms with Gasteiger partial charge in [-0.25, -0.2) is 4.98 Å². The Morgan fingerprint density at radius 2 is 1.71 bits per heavy atom. The molecule has 0 saturated carbocycles. The lowest BCUT2D eigenvalue weighted by atomic mass is 10.2. The van der Waals surface area contributed by atoms with Crippen molar-refractivity contribution in [3.63, 3.8) is 0 Å². The first kappa shape index (κ1) is 24.1. The minimum absolute atomic E-state index is 0.125. The van der Waals surface area contributed by atoms with E-state index in [1.54, 1.807) is 26.4 Å². The van der Waals surface area contributed by atoms with Gasteiger partial charge in [0.2, 0.25) is 0 Å². The van der Waals surface area contributed by atoms with Crippen molar-refractivity contribution in [2.24, 2.45) is 0 Å². The molecule has 0 radical (unpaired) electrons. The number of amides is 1. The summed E-state index contributed by atoms with van der Waals surface area (Å²) in [7, 11) is 3.24. The van der Waals surface area contributed by atoms with Gasteiger partial charge in [0, 0.05) is 25.1 Å². The van der Waals surface area contributed by atoms with Gasteiger partial charge < -0.3 is 24.1 Å². The third kappa shape index (κ3) is 6.12. The number of hydrogen-bond acceptors (Lipinski definition) is 5. The molecule has 4 aromatic rings. The van der Waals surface area contributed by atoms with E-state index >= 15 is 0 Å². The number of ether oxygens (including phenoxy) is 3. The average Bonchev–Trinajstić information content (AvgIpc) is 3.25. The van der Waals surface area contributed by atoms with E-state index in [0.717, 1.165) is 47.7 Å². The quantitative estimate of drug-likeness (QED) is 0.297. The van der Waals surface area contributed by atoms with Crippen molar-refractivity contribution in [1.82, 2.24) is 14.9 Å². The number of aryl methyl sites for hydroxylation is 1. The Kier molecular flexibility index (Phi) is 8.22. The first-order chi connectivity index (χ1) is 17.2. The number of carbonyl (C=O) groups is 1. The molecule has 0 unspecified atom stereocenters. The minimum atomic E-state index is -0.125. The van der Waals surface area contributed by atoms with Gasteiger partial charge in [-0.1, -0.05) is 30.3 Å². The van der Waals surface area contributed by atoms with Crippen LogP contribution >= 0.6 is 0 Å². The largest absolute Gasteiger partial charge is 0.497 e. The van der Waals surface area contributed by atoms with Crippen LogP contribution in [-0.2, 0) is 13.0 Å². The van der Waals surface area contributed by atoms with Gasteiger partial charge in [-0.2, -0.15) is 0 Å². The molecule has 0 aliphatic carbocycles. The molecular weight excluding hydrogens is 442 g/mol. The van der Waals surface area contributed by atoms with Gasteiger partial charge in [0.05, 0.1) is 31.9 Å². The summed E-state index contributed by atoms with van der Waals surface area (Å²) in [6.07, 6.45) is 2.48. The van der Waals surface area contributed by atoms with E-state index in [4.69, 9.17) is 19.2 Å². The molecule has 3 aromatic carbocycles. The SMILES string of the molecule is COc1cccc(C(=O)NCCc2nc3ccccc3n2CCCCOc2ccccc2OC)c1. The van der Waals surface area contributed by atoms with Crippen LogP contribution in [0, 0.1) is 0 Å². The van der Waals surface area contributed by atoms with Gasteiger partial charge in [0.1, 0.15) is 11.6 Å². The number of rotatable bonds is 12. The van der Waals surface area contributed by atoms with Crippen molar-refractivity contribution in [3.8, 4) is 17.2 Å². The Balaban J connectivity index is 1.34. The molecule has 0 spiro atoms. The van der Waals surface area contributed by atoms with E-state index in [2.05, 4.69) is 16.0 Å². The van der Waals surface area contributed by atoms with Crippen molar-refractivity contribution in [3.05, 3.63) is 84.2 Å². The summed E-state index contributed by atoms with van der Waals surface area (Å²) >= 11 is 0. The smallest absolute Gasteiger partial charge is 0.251 e. The molecule has 0 fully saturated rings. The Morgan fingerprint density at radius 3 is 2.54 bits per heavy atom. The van der Waals surface area contributed by atoms with E-state index in [-0.39, 0.29) is 5.91 Å². The number of benzene rings is 3. The molecule has 7 heteroatoms. The molecule has 0 atom stereocenters. The Morgan fingerprint density at radius 1 is 0.914 bits per heavy atom. The zero-order chi connectivity index (χ0) is 24.5. The molecule has 7 nitrogen and oxygen atoms in total. The molecule has 1 aromatic heterocycles. The fourth-order valence-electron chi connectivity index (χ4n) is 4.01. The highest BCUT2D eigenvalue weighted by Crippen LogP contribution is 2.26. The Bertz CT molecular complexity index is 1270. The minimum Gasteiger partial charge on any atom is -0.497 e. The second-order valence-corrected chi connectivity index (χ2v) is 8.11. The molecule has 182 valence electrons. The number of nitrogens with zero attached hydrogens (tertiary/aromatic N) is 2. The molecule has 1 heterocycles. The summed E-state index contributed by atoms with van der Waals surface area (Å²) < 4.78 is 18.7. The number of nitrogens with one attached hydrogen (secondary N) is 1. The molecule has 0 aliphatic heterocycles. The van der Waals surface area contributed by atoms with Crippen LogP contribution in [0.3, 0.4) is 0 Å². The summed E-state index contributed by atoms with van der Waals surface area (Å²) in [5, 5.41) is 3.00. The summed E-state index contributed by atoms with van der Waals surface area (Å²) in [5.74, 6) is 3.00. The van der Waals surface area contributed by atoms with Crippen LogP contribution in [0.25, 0.3) is 11.0 Å². The summed E-state index contributed by atoms with van der Waals surface area (Å²) in [6, 6.07) is 23.0. The van der Waals surface area contributed by atoms with Crippen molar-refractivity contribution >= 4 is 16.9 Å². The predicted molar refractivity (Wildman–Crippen MR) is 136 cm³/mol. The number of unbranched alkanes of at least 4 members (excludes halogenated alkanes) is 1. The highest BCUT2D eigenvalue weighted by molar-refractivity contribution is 5.94. The zero-order valence-electron chi connectivity index (χ0n) is 20.2. The highest BCUT2D eigenvalue weighted by atomic mass is 16.5. The van der Waals surface area contributed by atoms with Crippen LogP contribution in [0.2, 0.25) is 0 Å². The molecular formula is C28H31N3O4. The first-order valence-electron chi connectivity index (χ1n) is 11.8. The summed E-state index contributed by atoms with van der Waals surface area (Å²) in [4.78, 5) is 17.4. The number of para-hydroxylation sites is 4. The standard InChI is InChI=1S/C28H31N3O4/c1-33-22-11-9-10-21(20-22)28(32)29-17-16-27-30-23-12-3-4-13-24(23)31(27)18-7-8-19-35-26-15-6-5-14-25(26)34-2/h3-6,9-15,20H,7-8,16-19H2,1-2H3,(H,29,32). The average molecular weight is 474 g/mol. The molecule has 0 saturated heterocycles. The number of methoxy groups -OCH3 is 2. The van der Waals surface area contributed by atoms with Crippen molar-refractivity contribution in [2.45, 2.75) is 25.8 Å². The van der Waals surface area contributed by atoms with Gasteiger partial charge in [-0.15, -0.1) is 0 Å². The lowest BCUT2D eigenvalue weighted by molar-refractivity contribution is 0.0953. The van der Waals surface area contributed by atoms with Crippen LogP contribution in [0.15, 0.2) is 72.8 Å². The first-order valence-corrected chi connectivity index (χ1v) is 11.8. The fourth-order valence-corrected chi connectivity index (χ4v) is 4.01. The third-order valence-corrected chi connectivity index (χ3v) is 5.80. The molecule has 0 aliphatic rings. The zero-order valence-corrected chi connectivity index (χ0v) is 20.2. The maximum absolute atomic E-state index is 12.6. The summed E-state index contributed by atoms with van der Waals surface area (Å²) in [6.45, 7) is 1.93. The van der Waals surface area contributed by atoms with Crippen LogP contribution in [0.5, 0.6) is 17.2 Å². The molecule has 4 rings (SSSR count).